The van der Waals surface area contributed by atoms with Gasteiger partial charge >= 0.3 is 0 Å². The van der Waals surface area contributed by atoms with Crippen molar-refractivity contribution in [2.45, 2.75) is 18.6 Å². The molecule has 0 radical (unpaired) electrons. The zero-order chi connectivity index (χ0) is 13.9. The van der Waals surface area contributed by atoms with Crippen molar-refractivity contribution >= 4 is 5.91 Å². The van der Waals surface area contributed by atoms with Gasteiger partial charge in [0.05, 0.1) is 0 Å². The van der Waals surface area contributed by atoms with Crippen LogP contribution in [-0.4, -0.2) is 43.9 Å². The van der Waals surface area contributed by atoms with E-state index in [1.165, 1.54) is 12.1 Å². The van der Waals surface area contributed by atoms with Crippen LogP contribution < -0.4 is 0 Å². The fraction of sp³-hybridized carbons (Fsp3) is 0.500. The molecule has 1 aliphatic rings. The van der Waals surface area contributed by atoms with Crippen LogP contribution >= 0.6 is 0 Å². The number of carbonyl (C=O) groups is 1. The number of carbonyl (C=O) groups excluding carboxylic acids is 1. The number of hydrogen-bond acceptors (Lipinski definition) is 3. The maximum Gasteiger partial charge on any atom is 0.253 e. The lowest BCUT2D eigenvalue weighted by Gasteiger charge is -2.39. The Balaban J connectivity index is 2.04. The molecule has 0 saturated carbocycles. The summed E-state index contributed by atoms with van der Waals surface area (Å²) in [6.07, 6.45) is 1.22. The maximum absolute atomic E-state index is 13.1. The Morgan fingerprint density at radius 3 is 2.42 bits per heavy atom. The van der Waals surface area contributed by atoms with Crippen molar-refractivity contribution in [3.63, 3.8) is 0 Å². The normalized spacial score (nSPS) is 18.4. The number of halogens is 1. The molecule has 0 spiro atoms. The number of benzene rings is 1. The number of hydrogen-bond donors (Lipinski definition) is 0. The van der Waals surface area contributed by atoms with Gasteiger partial charge in [-0.3, -0.25) is 4.79 Å². The quantitative estimate of drug-likeness (QED) is 0.787. The molecule has 0 atom stereocenters. The van der Waals surface area contributed by atoms with E-state index in [1.54, 1.807) is 31.3 Å². The minimum Gasteiger partial charge on any atom is -0.353 e. The van der Waals surface area contributed by atoms with Crippen LogP contribution in [0.1, 0.15) is 23.2 Å². The monoisotopic (exact) mass is 267 g/mol. The van der Waals surface area contributed by atoms with Gasteiger partial charge in [-0.1, -0.05) is 6.07 Å². The lowest BCUT2D eigenvalue weighted by atomic mass is 10.0. The molecule has 1 aromatic rings. The molecule has 1 aliphatic heterocycles. The van der Waals surface area contributed by atoms with Gasteiger partial charge in [0.15, 0.2) is 5.79 Å². The van der Waals surface area contributed by atoms with Crippen molar-refractivity contribution in [2.75, 3.05) is 27.3 Å². The molecular formula is C14H18FNO3. The topological polar surface area (TPSA) is 38.8 Å². The van der Waals surface area contributed by atoms with Crippen LogP contribution in [0.3, 0.4) is 0 Å². The predicted octanol–water partition coefficient (Wildman–Crippen LogP) is 2.05. The Morgan fingerprint density at radius 1 is 1.26 bits per heavy atom. The van der Waals surface area contributed by atoms with Gasteiger partial charge < -0.3 is 14.4 Å². The number of methoxy groups -OCH3 is 2. The summed E-state index contributed by atoms with van der Waals surface area (Å²) in [4.78, 5) is 13.9. The Hall–Kier alpha value is -1.46. The van der Waals surface area contributed by atoms with E-state index in [0.29, 0.717) is 31.5 Å². The van der Waals surface area contributed by atoms with E-state index < -0.39 is 11.6 Å². The lowest BCUT2D eigenvalue weighted by molar-refractivity contribution is -0.226. The third-order valence-electron chi connectivity index (χ3n) is 3.63. The van der Waals surface area contributed by atoms with E-state index in [1.807, 2.05) is 0 Å². The summed E-state index contributed by atoms with van der Waals surface area (Å²) in [5.74, 6) is -1.15. The first-order valence-electron chi connectivity index (χ1n) is 6.25. The van der Waals surface area contributed by atoms with Crippen LogP contribution in [0.2, 0.25) is 0 Å². The standard InChI is InChI=1S/C14H18FNO3/c1-18-14(19-2)6-8-16(9-7-14)13(17)11-4-3-5-12(15)10-11/h3-5,10H,6-9H2,1-2H3. The van der Waals surface area contributed by atoms with E-state index in [4.69, 9.17) is 9.47 Å². The highest BCUT2D eigenvalue weighted by Gasteiger charge is 2.36. The molecule has 1 heterocycles. The highest BCUT2D eigenvalue weighted by Crippen LogP contribution is 2.27. The minimum absolute atomic E-state index is 0.152. The van der Waals surface area contributed by atoms with Gasteiger partial charge in [0, 0.05) is 45.7 Å². The van der Waals surface area contributed by atoms with Gasteiger partial charge in [0.25, 0.3) is 5.91 Å². The Morgan fingerprint density at radius 2 is 1.89 bits per heavy atom. The molecule has 0 N–H and O–H groups in total. The molecule has 0 bridgehead atoms. The molecule has 104 valence electrons. The first kappa shape index (κ1) is 14.0. The summed E-state index contributed by atoms with van der Waals surface area (Å²) in [6, 6.07) is 5.76. The zero-order valence-corrected chi connectivity index (χ0v) is 11.2. The molecule has 1 fully saturated rings. The van der Waals surface area contributed by atoms with Crippen LogP contribution in [0.15, 0.2) is 24.3 Å². The average Bonchev–Trinajstić information content (AvgIpc) is 2.46. The number of rotatable bonds is 3. The van der Waals surface area contributed by atoms with Crippen molar-refractivity contribution in [1.29, 1.82) is 0 Å². The van der Waals surface area contributed by atoms with Crippen LogP contribution in [-0.2, 0) is 9.47 Å². The van der Waals surface area contributed by atoms with Crippen LogP contribution in [0, 0.1) is 5.82 Å². The van der Waals surface area contributed by atoms with E-state index in [9.17, 15) is 9.18 Å². The molecule has 0 unspecified atom stereocenters. The van der Waals surface area contributed by atoms with Gasteiger partial charge in [0.2, 0.25) is 0 Å². The SMILES string of the molecule is COC1(OC)CCN(C(=O)c2cccc(F)c2)CC1. The molecule has 5 heteroatoms. The first-order chi connectivity index (χ1) is 9.10. The number of ether oxygens (including phenoxy) is 2. The maximum atomic E-state index is 13.1. The fourth-order valence-electron chi connectivity index (χ4n) is 2.35. The van der Waals surface area contributed by atoms with E-state index in [0.717, 1.165) is 0 Å². The second kappa shape index (κ2) is 5.67. The third-order valence-corrected chi connectivity index (χ3v) is 3.63. The molecule has 4 nitrogen and oxygen atoms in total. The number of piperidine rings is 1. The largest absolute Gasteiger partial charge is 0.353 e. The van der Waals surface area contributed by atoms with E-state index in [-0.39, 0.29) is 5.91 Å². The summed E-state index contributed by atoms with van der Waals surface area (Å²) >= 11 is 0. The van der Waals surface area contributed by atoms with Crippen LogP contribution in [0.5, 0.6) is 0 Å². The van der Waals surface area contributed by atoms with Crippen LogP contribution in [0.4, 0.5) is 4.39 Å². The molecule has 1 saturated heterocycles. The number of amides is 1. The van der Waals surface area contributed by atoms with Gasteiger partial charge in [-0.05, 0) is 18.2 Å². The predicted molar refractivity (Wildman–Crippen MR) is 68.3 cm³/mol. The second-order valence-electron chi connectivity index (χ2n) is 4.62. The van der Waals surface area contributed by atoms with Crippen molar-refractivity contribution in [3.8, 4) is 0 Å². The van der Waals surface area contributed by atoms with Gasteiger partial charge in [-0.25, -0.2) is 4.39 Å². The summed E-state index contributed by atoms with van der Waals surface area (Å²) in [5, 5.41) is 0. The average molecular weight is 267 g/mol. The fourth-order valence-corrected chi connectivity index (χ4v) is 2.35. The number of likely N-dealkylation sites (tertiary alicyclic amines) is 1. The highest BCUT2D eigenvalue weighted by atomic mass is 19.1. The van der Waals surface area contributed by atoms with Crippen molar-refractivity contribution in [2.24, 2.45) is 0 Å². The van der Waals surface area contributed by atoms with Crippen molar-refractivity contribution in [1.82, 2.24) is 4.90 Å². The smallest absolute Gasteiger partial charge is 0.253 e. The highest BCUT2D eigenvalue weighted by molar-refractivity contribution is 5.94. The zero-order valence-electron chi connectivity index (χ0n) is 11.2. The van der Waals surface area contributed by atoms with Crippen molar-refractivity contribution in [3.05, 3.63) is 35.6 Å². The Kier molecular flexibility index (Phi) is 4.17. The minimum atomic E-state index is -0.598. The third kappa shape index (κ3) is 2.93. The van der Waals surface area contributed by atoms with Crippen LogP contribution in [0.25, 0.3) is 0 Å². The summed E-state index contributed by atoms with van der Waals surface area (Å²) in [6.45, 7) is 1.08. The Labute approximate surface area is 112 Å². The molecule has 1 amide bonds. The molecule has 19 heavy (non-hydrogen) atoms. The first-order valence-corrected chi connectivity index (χ1v) is 6.25. The number of nitrogens with zero attached hydrogens (tertiary/aromatic N) is 1. The Bertz CT molecular complexity index is 450. The van der Waals surface area contributed by atoms with Gasteiger partial charge in [-0.2, -0.15) is 0 Å². The molecule has 2 rings (SSSR count). The van der Waals surface area contributed by atoms with E-state index in [2.05, 4.69) is 0 Å². The molecule has 1 aromatic carbocycles. The second-order valence-corrected chi connectivity index (χ2v) is 4.62. The summed E-state index contributed by atoms with van der Waals surface area (Å²) in [7, 11) is 3.21. The summed E-state index contributed by atoms with van der Waals surface area (Å²) in [5.41, 5.74) is 0.377. The van der Waals surface area contributed by atoms with Gasteiger partial charge in [-0.15, -0.1) is 0 Å². The molecule has 0 aromatic heterocycles. The van der Waals surface area contributed by atoms with Gasteiger partial charge in [0.1, 0.15) is 5.82 Å². The van der Waals surface area contributed by atoms with E-state index >= 15 is 0 Å². The lowest BCUT2D eigenvalue weighted by Crippen LogP contribution is -2.48. The van der Waals surface area contributed by atoms with Crippen molar-refractivity contribution < 1.29 is 18.7 Å². The summed E-state index contributed by atoms with van der Waals surface area (Å²) < 4.78 is 23.8. The molecule has 0 aliphatic carbocycles. The molecular weight excluding hydrogens is 249 g/mol.